The van der Waals surface area contributed by atoms with Gasteiger partial charge in [0.05, 0.1) is 17.7 Å². The Balaban J connectivity index is 2.74. The van der Waals surface area contributed by atoms with Gasteiger partial charge in [0.25, 0.3) is 0 Å². The second kappa shape index (κ2) is 5.93. The summed E-state index contributed by atoms with van der Waals surface area (Å²) < 4.78 is 9.93. The Hall–Kier alpha value is -2.76. The Kier molecular flexibility index (Phi) is 4.21. The molecule has 0 aromatic heterocycles. The third kappa shape index (κ3) is 2.67. The molecule has 1 aromatic rings. The summed E-state index contributed by atoms with van der Waals surface area (Å²) in [5, 5.41) is 0. The number of carbonyl (C=O) groups excluding carboxylic acids is 4. The van der Waals surface area contributed by atoms with Gasteiger partial charge in [-0.15, -0.1) is 0 Å². The summed E-state index contributed by atoms with van der Waals surface area (Å²) in [6.07, 6.45) is 2.24. The highest BCUT2D eigenvalue weighted by Gasteiger charge is 2.30. The molecular formula is C16H14O6. The molecule has 1 aliphatic rings. The van der Waals surface area contributed by atoms with Crippen molar-refractivity contribution in [2.75, 3.05) is 6.61 Å². The zero-order valence-corrected chi connectivity index (χ0v) is 12.4. The molecule has 0 aliphatic heterocycles. The van der Waals surface area contributed by atoms with E-state index >= 15 is 0 Å². The summed E-state index contributed by atoms with van der Waals surface area (Å²) in [6.45, 7) is 4.52. The van der Waals surface area contributed by atoms with Crippen LogP contribution in [0.15, 0.2) is 18.2 Å². The first-order valence-electron chi connectivity index (χ1n) is 6.66. The molecule has 0 radical (unpaired) electrons. The molecule has 0 heterocycles. The number of allylic oxidation sites excluding steroid dienone is 2. The maximum atomic E-state index is 12.1. The van der Waals surface area contributed by atoms with E-state index in [0.717, 1.165) is 12.2 Å². The first-order valence-corrected chi connectivity index (χ1v) is 6.66. The number of esters is 2. The summed E-state index contributed by atoms with van der Waals surface area (Å²) in [7, 11) is 0. The number of carbonyl (C=O) groups is 4. The van der Waals surface area contributed by atoms with Gasteiger partial charge < -0.3 is 9.47 Å². The van der Waals surface area contributed by atoms with Crippen molar-refractivity contribution >= 4 is 23.5 Å². The molecule has 22 heavy (non-hydrogen) atoms. The molecule has 6 nitrogen and oxygen atoms in total. The number of ketones is 2. The fourth-order valence-corrected chi connectivity index (χ4v) is 2.28. The van der Waals surface area contributed by atoms with E-state index < -0.39 is 23.5 Å². The molecule has 2 rings (SSSR count). The first-order chi connectivity index (χ1) is 10.4. The molecule has 114 valence electrons. The van der Waals surface area contributed by atoms with Gasteiger partial charge >= 0.3 is 11.9 Å². The zero-order valence-electron chi connectivity index (χ0n) is 12.4. The predicted molar refractivity (Wildman–Crippen MR) is 76.2 cm³/mol. The van der Waals surface area contributed by atoms with Crippen LogP contribution in [-0.2, 0) is 9.53 Å². The molecular weight excluding hydrogens is 288 g/mol. The molecule has 0 fully saturated rings. The number of benzene rings is 1. The highest BCUT2D eigenvalue weighted by molar-refractivity contribution is 6.24. The molecule has 0 saturated heterocycles. The number of hydrogen-bond donors (Lipinski definition) is 0. The van der Waals surface area contributed by atoms with E-state index in [2.05, 4.69) is 0 Å². The molecule has 0 N–H and O–H groups in total. The van der Waals surface area contributed by atoms with Gasteiger partial charge in [-0.2, -0.15) is 0 Å². The van der Waals surface area contributed by atoms with Crippen molar-refractivity contribution in [2.24, 2.45) is 0 Å². The fourth-order valence-electron chi connectivity index (χ4n) is 2.28. The van der Waals surface area contributed by atoms with E-state index in [1.165, 1.54) is 13.0 Å². The second-order valence-electron chi connectivity index (χ2n) is 4.67. The van der Waals surface area contributed by atoms with Gasteiger partial charge in [0.2, 0.25) is 0 Å². The van der Waals surface area contributed by atoms with Crippen molar-refractivity contribution in [2.45, 2.75) is 20.8 Å². The highest BCUT2D eigenvalue weighted by Crippen LogP contribution is 2.33. The van der Waals surface area contributed by atoms with Crippen LogP contribution in [0.3, 0.4) is 0 Å². The van der Waals surface area contributed by atoms with Crippen LogP contribution in [0.1, 0.15) is 50.5 Å². The maximum Gasteiger partial charge on any atom is 0.338 e. The quantitative estimate of drug-likeness (QED) is 0.627. The normalized spacial score (nSPS) is 12.9. The van der Waals surface area contributed by atoms with Crippen LogP contribution in [0.25, 0.3) is 0 Å². The lowest BCUT2D eigenvalue weighted by Gasteiger charge is -2.18. The van der Waals surface area contributed by atoms with Gasteiger partial charge in [-0.3, -0.25) is 14.4 Å². The second-order valence-corrected chi connectivity index (χ2v) is 4.67. The van der Waals surface area contributed by atoms with Crippen LogP contribution < -0.4 is 4.74 Å². The standard InChI is InChI=1S/C16H14O6/c1-4-21-16(20)10-7-13(22-9(3)17)15-12(19)6-5-11(18)14(15)8(10)2/h5-7H,4H2,1-3H3. The van der Waals surface area contributed by atoms with Crippen LogP contribution in [-0.4, -0.2) is 30.1 Å². The van der Waals surface area contributed by atoms with Crippen molar-refractivity contribution < 1.29 is 28.7 Å². The average Bonchev–Trinajstić information content (AvgIpc) is 2.44. The fraction of sp³-hybridized carbons (Fsp3) is 0.250. The summed E-state index contributed by atoms with van der Waals surface area (Å²) >= 11 is 0. The van der Waals surface area contributed by atoms with Gasteiger partial charge in [0.1, 0.15) is 5.75 Å². The Morgan fingerprint density at radius 3 is 2.23 bits per heavy atom. The van der Waals surface area contributed by atoms with Crippen molar-refractivity contribution in [1.82, 2.24) is 0 Å². The minimum atomic E-state index is -0.657. The third-order valence-corrected chi connectivity index (χ3v) is 3.18. The predicted octanol–water partition coefficient (Wildman–Crippen LogP) is 2.03. The first kappa shape index (κ1) is 15.6. The Labute approximate surface area is 126 Å². The van der Waals surface area contributed by atoms with Gasteiger partial charge in [-0.1, -0.05) is 0 Å². The van der Waals surface area contributed by atoms with Crippen LogP contribution in [0, 0.1) is 6.92 Å². The molecule has 0 unspecified atom stereocenters. The van der Waals surface area contributed by atoms with E-state index in [1.54, 1.807) is 13.8 Å². The average molecular weight is 302 g/mol. The molecule has 0 atom stereocenters. The summed E-state index contributed by atoms with van der Waals surface area (Å²) in [4.78, 5) is 47.4. The lowest BCUT2D eigenvalue weighted by molar-refractivity contribution is -0.131. The number of rotatable bonds is 3. The Morgan fingerprint density at radius 2 is 1.68 bits per heavy atom. The van der Waals surface area contributed by atoms with Gasteiger partial charge in [-0.25, -0.2) is 4.79 Å². The highest BCUT2D eigenvalue weighted by atomic mass is 16.5. The van der Waals surface area contributed by atoms with E-state index in [4.69, 9.17) is 9.47 Å². The summed E-state index contributed by atoms with van der Waals surface area (Å²) in [5.74, 6) is -2.29. The molecule has 6 heteroatoms. The van der Waals surface area contributed by atoms with E-state index in [9.17, 15) is 19.2 Å². The van der Waals surface area contributed by atoms with Gasteiger partial charge in [0.15, 0.2) is 11.6 Å². The maximum absolute atomic E-state index is 12.1. The van der Waals surface area contributed by atoms with E-state index in [1.807, 2.05) is 0 Å². The van der Waals surface area contributed by atoms with Crippen molar-refractivity contribution in [3.8, 4) is 5.75 Å². The van der Waals surface area contributed by atoms with Crippen molar-refractivity contribution in [3.05, 3.63) is 40.5 Å². The molecule has 0 bridgehead atoms. The van der Waals surface area contributed by atoms with Crippen molar-refractivity contribution in [3.63, 3.8) is 0 Å². The summed E-state index contributed by atoms with van der Waals surface area (Å²) in [5.41, 5.74) is 0.475. The largest absolute Gasteiger partial charge is 0.462 e. The van der Waals surface area contributed by atoms with Crippen LogP contribution in [0.4, 0.5) is 0 Å². The minimum absolute atomic E-state index is 0.00625. The van der Waals surface area contributed by atoms with Crippen molar-refractivity contribution in [1.29, 1.82) is 0 Å². The van der Waals surface area contributed by atoms with Crippen LogP contribution in [0.5, 0.6) is 5.75 Å². The van der Waals surface area contributed by atoms with Crippen LogP contribution >= 0.6 is 0 Å². The number of ether oxygens (including phenoxy) is 2. The lowest BCUT2D eigenvalue weighted by atomic mass is 9.87. The molecule has 1 aliphatic carbocycles. The monoisotopic (exact) mass is 302 g/mol. The SMILES string of the molecule is CCOC(=O)c1cc(OC(C)=O)c2c(c1C)C(=O)C=CC2=O. The Morgan fingerprint density at radius 1 is 1.09 bits per heavy atom. The molecule has 0 spiro atoms. The van der Waals surface area contributed by atoms with Crippen LogP contribution in [0.2, 0.25) is 0 Å². The molecule has 1 aromatic carbocycles. The van der Waals surface area contributed by atoms with Gasteiger partial charge in [-0.05, 0) is 37.6 Å². The third-order valence-electron chi connectivity index (χ3n) is 3.18. The van der Waals surface area contributed by atoms with Gasteiger partial charge in [0, 0.05) is 12.5 Å². The van der Waals surface area contributed by atoms with E-state index in [-0.39, 0.29) is 29.0 Å². The Bertz CT molecular complexity index is 727. The number of fused-ring (bicyclic) bond motifs is 1. The molecule has 0 saturated carbocycles. The smallest absolute Gasteiger partial charge is 0.338 e. The minimum Gasteiger partial charge on any atom is -0.462 e. The molecule has 0 amide bonds. The number of hydrogen-bond acceptors (Lipinski definition) is 6. The summed E-state index contributed by atoms with van der Waals surface area (Å²) in [6, 6.07) is 1.26. The lowest BCUT2D eigenvalue weighted by Crippen LogP contribution is -2.20. The topological polar surface area (TPSA) is 86.7 Å². The van der Waals surface area contributed by atoms with E-state index in [0.29, 0.717) is 5.56 Å². The zero-order chi connectivity index (χ0) is 16.4.